The lowest BCUT2D eigenvalue weighted by molar-refractivity contribution is -0.143. The van der Waals surface area contributed by atoms with E-state index in [1.54, 1.807) is 20.2 Å². The second-order valence-electron chi connectivity index (χ2n) is 4.61. The van der Waals surface area contributed by atoms with Crippen molar-refractivity contribution in [1.82, 2.24) is 9.88 Å². The number of esters is 1. The highest BCUT2D eigenvalue weighted by molar-refractivity contribution is 6.17. The lowest BCUT2D eigenvalue weighted by atomic mass is 9.97. The van der Waals surface area contributed by atoms with E-state index in [9.17, 15) is 9.59 Å². The summed E-state index contributed by atoms with van der Waals surface area (Å²) in [4.78, 5) is 30.2. The summed E-state index contributed by atoms with van der Waals surface area (Å²) >= 11 is 0. The first kappa shape index (κ1) is 15.0. The molecule has 112 valence electrons. The molecule has 0 N–H and O–H groups in total. The largest absolute Gasteiger partial charge is 0.500 e. The molecule has 0 saturated heterocycles. The number of likely N-dealkylation sites (N-methyl/N-ethyl adjacent to an activating group) is 1. The van der Waals surface area contributed by atoms with Gasteiger partial charge < -0.3 is 14.4 Å². The van der Waals surface area contributed by atoms with E-state index in [1.807, 2.05) is 18.2 Å². The molecule has 2 heterocycles. The zero-order valence-electron chi connectivity index (χ0n) is 12.3. The van der Waals surface area contributed by atoms with Gasteiger partial charge in [0.1, 0.15) is 5.76 Å². The van der Waals surface area contributed by atoms with Crippen LogP contribution in [-0.2, 0) is 19.1 Å². The van der Waals surface area contributed by atoms with Gasteiger partial charge in [0.25, 0.3) is 5.91 Å². The van der Waals surface area contributed by atoms with Crippen LogP contribution >= 0.6 is 0 Å². The Morgan fingerprint density at radius 1 is 1.48 bits per heavy atom. The number of aromatic nitrogens is 1. The van der Waals surface area contributed by atoms with E-state index in [0.29, 0.717) is 12.2 Å². The summed E-state index contributed by atoms with van der Waals surface area (Å²) < 4.78 is 10.2. The Balaban J connectivity index is 2.38. The molecule has 0 radical (unpaired) electrons. The van der Waals surface area contributed by atoms with Crippen LogP contribution in [0.15, 0.2) is 35.7 Å². The Bertz CT molecular complexity index is 568. The summed E-state index contributed by atoms with van der Waals surface area (Å²) in [5.74, 6) is -0.718. The summed E-state index contributed by atoms with van der Waals surface area (Å²) in [6.45, 7) is 1.90. The molecule has 0 fully saturated rings. The Labute approximate surface area is 123 Å². The maximum absolute atomic E-state index is 12.5. The van der Waals surface area contributed by atoms with Gasteiger partial charge in [-0.15, -0.1) is 0 Å². The van der Waals surface area contributed by atoms with E-state index in [2.05, 4.69) is 4.98 Å². The van der Waals surface area contributed by atoms with Gasteiger partial charge in [0.2, 0.25) is 0 Å². The van der Waals surface area contributed by atoms with Crippen LogP contribution in [0.2, 0.25) is 0 Å². The molecule has 1 atom stereocenters. The Kier molecular flexibility index (Phi) is 4.57. The van der Waals surface area contributed by atoms with E-state index in [1.165, 1.54) is 12.0 Å². The van der Waals surface area contributed by atoms with Gasteiger partial charge in [-0.25, -0.2) is 4.79 Å². The SMILES string of the molecule is CCOC(=O)C1=C(OC)CC(c2ccccn2)N(C)C1=O. The molecule has 21 heavy (non-hydrogen) atoms. The number of hydrogen-bond acceptors (Lipinski definition) is 5. The molecular weight excluding hydrogens is 272 g/mol. The molecule has 1 unspecified atom stereocenters. The van der Waals surface area contributed by atoms with E-state index >= 15 is 0 Å². The average molecular weight is 290 g/mol. The Morgan fingerprint density at radius 2 is 2.24 bits per heavy atom. The van der Waals surface area contributed by atoms with Crippen molar-refractivity contribution < 1.29 is 19.1 Å². The van der Waals surface area contributed by atoms with E-state index < -0.39 is 11.9 Å². The fourth-order valence-electron chi connectivity index (χ4n) is 2.32. The summed E-state index contributed by atoms with van der Waals surface area (Å²) in [6.07, 6.45) is 2.06. The van der Waals surface area contributed by atoms with Gasteiger partial charge in [-0.3, -0.25) is 9.78 Å². The van der Waals surface area contributed by atoms with Crippen LogP contribution in [-0.4, -0.2) is 42.5 Å². The van der Waals surface area contributed by atoms with Crippen LogP contribution in [0, 0.1) is 0 Å². The van der Waals surface area contributed by atoms with Crippen molar-refractivity contribution in [2.45, 2.75) is 19.4 Å². The molecule has 1 aromatic heterocycles. The first-order chi connectivity index (χ1) is 10.1. The van der Waals surface area contributed by atoms with Crippen LogP contribution in [0.3, 0.4) is 0 Å². The van der Waals surface area contributed by atoms with Crippen molar-refractivity contribution >= 4 is 11.9 Å². The lowest BCUT2D eigenvalue weighted by Gasteiger charge is -2.33. The molecule has 0 bridgehead atoms. The van der Waals surface area contributed by atoms with Crippen LogP contribution in [0.25, 0.3) is 0 Å². The van der Waals surface area contributed by atoms with Gasteiger partial charge in [-0.05, 0) is 19.1 Å². The molecule has 1 aliphatic heterocycles. The number of amides is 1. The van der Waals surface area contributed by atoms with Crippen LogP contribution in [0.1, 0.15) is 25.1 Å². The summed E-state index contributed by atoms with van der Waals surface area (Å²) in [7, 11) is 3.09. The van der Waals surface area contributed by atoms with Crippen molar-refractivity contribution in [3.05, 3.63) is 41.4 Å². The van der Waals surface area contributed by atoms with Crippen molar-refractivity contribution in [3.8, 4) is 0 Å². The Hall–Kier alpha value is -2.37. The van der Waals surface area contributed by atoms with Gasteiger partial charge >= 0.3 is 5.97 Å². The third-order valence-corrected chi connectivity index (χ3v) is 3.41. The van der Waals surface area contributed by atoms with E-state index in [4.69, 9.17) is 9.47 Å². The van der Waals surface area contributed by atoms with Crippen LogP contribution in [0.4, 0.5) is 0 Å². The minimum atomic E-state index is -0.648. The molecule has 0 aliphatic carbocycles. The molecule has 0 saturated carbocycles. The minimum Gasteiger partial charge on any atom is -0.500 e. The topological polar surface area (TPSA) is 68.7 Å². The predicted octanol–water partition coefficient (Wildman–Crippen LogP) is 1.45. The molecule has 6 heteroatoms. The molecule has 1 amide bonds. The summed E-state index contributed by atoms with van der Waals surface area (Å²) in [6, 6.07) is 5.26. The van der Waals surface area contributed by atoms with Gasteiger partial charge in [-0.2, -0.15) is 0 Å². The molecule has 6 nitrogen and oxygen atoms in total. The van der Waals surface area contributed by atoms with Crippen molar-refractivity contribution in [2.24, 2.45) is 0 Å². The zero-order chi connectivity index (χ0) is 15.4. The molecule has 1 aromatic rings. The fraction of sp³-hybridized carbons (Fsp3) is 0.400. The maximum Gasteiger partial charge on any atom is 0.347 e. The number of methoxy groups -OCH3 is 1. The molecular formula is C15H18N2O4. The minimum absolute atomic E-state index is 0.0333. The van der Waals surface area contributed by atoms with Gasteiger partial charge in [0.05, 0.1) is 25.5 Å². The number of carbonyl (C=O) groups excluding carboxylic acids is 2. The maximum atomic E-state index is 12.5. The Morgan fingerprint density at radius 3 is 2.81 bits per heavy atom. The highest BCUT2D eigenvalue weighted by Gasteiger charge is 2.38. The van der Waals surface area contributed by atoms with E-state index in [0.717, 1.165) is 5.69 Å². The van der Waals surface area contributed by atoms with Gasteiger partial charge in [0, 0.05) is 19.7 Å². The summed E-state index contributed by atoms with van der Waals surface area (Å²) in [5.41, 5.74) is 0.722. The van der Waals surface area contributed by atoms with Crippen LogP contribution in [0.5, 0.6) is 0 Å². The fourth-order valence-corrected chi connectivity index (χ4v) is 2.32. The average Bonchev–Trinajstić information content (AvgIpc) is 2.50. The smallest absolute Gasteiger partial charge is 0.347 e. The predicted molar refractivity (Wildman–Crippen MR) is 75.0 cm³/mol. The van der Waals surface area contributed by atoms with Gasteiger partial charge in [0.15, 0.2) is 5.57 Å². The number of pyridine rings is 1. The third-order valence-electron chi connectivity index (χ3n) is 3.41. The van der Waals surface area contributed by atoms with Crippen molar-refractivity contribution in [2.75, 3.05) is 20.8 Å². The molecule has 2 rings (SSSR count). The standard InChI is InChI=1S/C15H18N2O4/c1-4-21-15(19)13-12(20-3)9-11(17(2)14(13)18)10-7-5-6-8-16-10/h5-8,11H,4,9H2,1-3H3. The number of rotatable bonds is 4. The van der Waals surface area contributed by atoms with Crippen LogP contribution < -0.4 is 0 Å². The molecule has 0 spiro atoms. The monoisotopic (exact) mass is 290 g/mol. The van der Waals surface area contributed by atoms with Gasteiger partial charge in [-0.1, -0.05) is 6.07 Å². The number of ether oxygens (including phenoxy) is 2. The number of hydrogen-bond donors (Lipinski definition) is 0. The highest BCUT2D eigenvalue weighted by Crippen LogP contribution is 2.33. The lowest BCUT2D eigenvalue weighted by Crippen LogP contribution is -2.40. The second-order valence-corrected chi connectivity index (χ2v) is 4.61. The highest BCUT2D eigenvalue weighted by atomic mass is 16.5. The quantitative estimate of drug-likeness (QED) is 0.620. The number of nitrogens with zero attached hydrogens (tertiary/aromatic N) is 2. The van der Waals surface area contributed by atoms with Crippen molar-refractivity contribution in [1.29, 1.82) is 0 Å². The number of carbonyl (C=O) groups is 2. The molecule has 0 aromatic carbocycles. The first-order valence-corrected chi connectivity index (χ1v) is 6.72. The normalized spacial score (nSPS) is 18.7. The van der Waals surface area contributed by atoms with E-state index in [-0.39, 0.29) is 18.2 Å². The summed E-state index contributed by atoms with van der Waals surface area (Å²) in [5, 5.41) is 0. The zero-order valence-corrected chi connectivity index (χ0v) is 12.3. The second kappa shape index (κ2) is 6.39. The molecule has 1 aliphatic rings. The third kappa shape index (κ3) is 2.89. The first-order valence-electron chi connectivity index (χ1n) is 6.72. The van der Waals surface area contributed by atoms with Crippen molar-refractivity contribution in [3.63, 3.8) is 0 Å².